The number of carbonyl (C=O) groups excluding carboxylic acids is 1. The van der Waals surface area contributed by atoms with E-state index in [1.54, 1.807) is 0 Å². The van der Waals surface area contributed by atoms with Crippen LogP contribution in [0.5, 0.6) is 5.75 Å². The van der Waals surface area contributed by atoms with E-state index in [2.05, 4.69) is 35.1 Å². The van der Waals surface area contributed by atoms with Gasteiger partial charge in [0.15, 0.2) is 0 Å². The minimum Gasteiger partial charge on any atom is -0.489 e. The number of nitrogens with two attached hydrogens (primary N) is 1. The fraction of sp³-hybridized carbons (Fsp3) is 0.562. The summed E-state index contributed by atoms with van der Waals surface area (Å²) in [6.07, 6.45) is 3.62. The number of ether oxygens (including phenoxy) is 1. The van der Waals surface area contributed by atoms with Crippen LogP contribution >= 0.6 is 15.9 Å². The van der Waals surface area contributed by atoms with Gasteiger partial charge in [0.25, 0.3) is 0 Å². The van der Waals surface area contributed by atoms with Crippen molar-refractivity contribution in [3.63, 3.8) is 0 Å². The number of hydrogen-bond acceptors (Lipinski definition) is 3. The fourth-order valence-electron chi connectivity index (χ4n) is 3.16. The van der Waals surface area contributed by atoms with Crippen LogP contribution in [0, 0.1) is 11.8 Å². The first kappa shape index (κ1) is 14.9. The molecule has 1 fully saturated rings. The average Bonchev–Trinajstić information content (AvgIpc) is 2.70. The van der Waals surface area contributed by atoms with Crippen molar-refractivity contribution in [1.29, 1.82) is 0 Å². The molecule has 0 spiro atoms. The van der Waals surface area contributed by atoms with Crippen LogP contribution in [0.4, 0.5) is 5.69 Å². The van der Waals surface area contributed by atoms with Gasteiger partial charge in [-0.2, -0.15) is 0 Å². The van der Waals surface area contributed by atoms with Crippen molar-refractivity contribution in [3.8, 4) is 5.75 Å². The number of halogens is 1. The molecular weight excluding hydrogens is 332 g/mol. The Morgan fingerprint density at radius 3 is 2.76 bits per heavy atom. The summed E-state index contributed by atoms with van der Waals surface area (Å²) in [5.74, 6) is 2.08. The summed E-state index contributed by atoms with van der Waals surface area (Å²) in [7, 11) is 0. The van der Waals surface area contributed by atoms with Crippen molar-refractivity contribution >= 4 is 27.5 Å². The van der Waals surface area contributed by atoms with Gasteiger partial charge in [-0.05, 0) is 53.1 Å². The quantitative estimate of drug-likeness (QED) is 0.854. The standard InChI is InChI=1S/C16H21BrN2O2/c1-8-3-4-10(5-9(8)2)21-14-7-13-11(6-12(14)17)15(18)16(20)19-13/h6-10,15H,3-5,18H2,1-2H3,(H,19,20). The molecule has 4 atom stereocenters. The minimum absolute atomic E-state index is 0.158. The molecule has 4 unspecified atom stereocenters. The second kappa shape index (κ2) is 5.61. The first-order valence-electron chi connectivity index (χ1n) is 7.52. The summed E-state index contributed by atoms with van der Waals surface area (Å²) in [5.41, 5.74) is 7.44. The zero-order valence-electron chi connectivity index (χ0n) is 12.4. The molecule has 3 N–H and O–H groups in total. The van der Waals surface area contributed by atoms with E-state index in [1.165, 1.54) is 6.42 Å². The van der Waals surface area contributed by atoms with Gasteiger partial charge in [-0.1, -0.05) is 13.8 Å². The smallest absolute Gasteiger partial charge is 0.245 e. The number of anilines is 1. The number of amides is 1. The van der Waals surface area contributed by atoms with E-state index in [0.29, 0.717) is 5.92 Å². The third kappa shape index (κ3) is 2.81. The van der Waals surface area contributed by atoms with E-state index >= 15 is 0 Å². The Bertz CT molecular complexity index is 576. The molecule has 0 aromatic heterocycles. The lowest BCUT2D eigenvalue weighted by Crippen LogP contribution is -2.28. The number of benzene rings is 1. The van der Waals surface area contributed by atoms with Crippen LogP contribution in [-0.2, 0) is 4.79 Å². The maximum atomic E-state index is 11.6. The average molecular weight is 353 g/mol. The Morgan fingerprint density at radius 1 is 1.29 bits per heavy atom. The summed E-state index contributed by atoms with van der Waals surface area (Å²) in [6, 6.07) is 3.19. The van der Waals surface area contributed by atoms with E-state index in [9.17, 15) is 4.79 Å². The Morgan fingerprint density at radius 2 is 2.05 bits per heavy atom. The van der Waals surface area contributed by atoms with Crippen LogP contribution < -0.4 is 15.8 Å². The zero-order valence-corrected chi connectivity index (χ0v) is 13.9. The molecule has 0 saturated heterocycles. The molecule has 0 bridgehead atoms. The molecule has 5 heteroatoms. The van der Waals surface area contributed by atoms with Crippen molar-refractivity contribution < 1.29 is 9.53 Å². The molecular formula is C16H21BrN2O2. The fourth-order valence-corrected chi connectivity index (χ4v) is 3.62. The molecule has 21 heavy (non-hydrogen) atoms. The molecule has 1 aliphatic carbocycles. The molecule has 4 nitrogen and oxygen atoms in total. The topological polar surface area (TPSA) is 64.3 Å². The van der Waals surface area contributed by atoms with Crippen LogP contribution in [0.1, 0.15) is 44.7 Å². The van der Waals surface area contributed by atoms with E-state index in [4.69, 9.17) is 10.5 Å². The SMILES string of the molecule is CC1CCC(Oc2cc3c(cc2Br)C(N)C(=O)N3)CC1C. The van der Waals surface area contributed by atoms with E-state index in [1.807, 2.05) is 12.1 Å². The van der Waals surface area contributed by atoms with Gasteiger partial charge in [0.05, 0.1) is 10.6 Å². The predicted molar refractivity (Wildman–Crippen MR) is 86.3 cm³/mol. The normalized spacial score (nSPS) is 31.7. The maximum absolute atomic E-state index is 11.6. The summed E-state index contributed by atoms with van der Waals surface area (Å²) >= 11 is 3.53. The number of hydrogen-bond donors (Lipinski definition) is 2. The van der Waals surface area contributed by atoms with Crippen molar-refractivity contribution in [2.24, 2.45) is 17.6 Å². The number of carbonyl (C=O) groups is 1. The summed E-state index contributed by atoms with van der Waals surface area (Å²) in [5, 5.41) is 2.80. The summed E-state index contributed by atoms with van der Waals surface area (Å²) in [4.78, 5) is 11.6. The van der Waals surface area contributed by atoms with Crippen molar-refractivity contribution in [2.75, 3.05) is 5.32 Å². The van der Waals surface area contributed by atoms with Gasteiger partial charge >= 0.3 is 0 Å². The molecule has 0 radical (unpaired) electrons. The number of rotatable bonds is 2. The maximum Gasteiger partial charge on any atom is 0.245 e. The zero-order chi connectivity index (χ0) is 15.1. The van der Waals surface area contributed by atoms with Gasteiger partial charge in [-0.25, -0.2) is 0 Å². The molecule has 1 amide bonds. The monoisotopic (exact) mass is 352 g/mol. The van der Waals surface area contributed by atoms with Gasteiger partial charge in [0, 0.05) is 17.3 Å². The van der Waals surface area contributed by atoms with Crippen LogP contribution in [0.15, 0.2) is 16.6 Å². The molecule has 1 aromatic rings. The molecule has 3 rings (SSSR count). The molecule has 1 saturated carbocycles. The lowest BCUT2D eigenvalue weighted by molar-refractivity contribution is -0.116. The summed E-state index contributed by atoms with van der Waals surface area (Å²) < 4.78 is 7.02. The third-order valence-electron chi connectivity index (χ3n) is 4.82. The van der Waals surface area contributed by atoms with Crippen LogP contribution in [0.2, 0.25) is 0 Å². The minimum atomic E-state index is -0.582. The lowest BCUT2D eigenvalue weighted by Gasteiger charge is -2.32. The molecule has 2 aliphatic rings. The van der Waals surface area contributed by atoms with Crippen molar-refractivity contribution in [2.45, 2.75) is 45.3 Å². The highest BCUT2D eigenvalue weighted by molar-refractivity contribution is 9.10. The van der Waals surface area contributed by atoms with E-state index in [0.717, 1.165) is 40.2 Å². The predicted octanol–water partition coefficient (Wildman–Crippen LogP) is 3.60. The molecule has 114 valence electrons. The first-order valence-corrected chi connectivity index (χ1v) is 8.31. The van der Waals surface area contributed by atoms with Crippen LogP contribution in [0.3, 0.4) is 0 Å². The Kier molecular flexibility index (Phi) is 3.97. The van der Waals surface area contributed by atoms with Gasteiger partial charge < -0.3 is 15.8 Å². The van der Waals surface area contributed by atoms with Gasteiger partial charge in [-0.15, -0.1) is 0 Å². The second-order valence-corrected chi connectivity index (χ2v) is 7.20. The first-order chi connectivity index (χ1) is 9.95. The second-order valence-electron chi connectivity index (χ2n) is 6.34. The van der Waals surface area contributed by atoms with Crippen LogP contribution in [-0.4, -0.2) is 12.0 Å². The Labute approximate surface area is 133 Å². The largest absolute Gasteiger partial charge is 0.489 e. The third-order valence-corrected chi connectivity index (χ3v) is 5.44. The van der Waals surface area contributed by atoms with E-state index < -0.39 is 6.04 Å². The van der Waals surface area contributed by atoms with Crippen molar-refractivity contribution in [3.05, 3.63) is 22.2 Å². The van der Waals surface area contributed by atoms with Crippen molar-refractivity contribution in [1.82, 2.24) is 0 Å². The lowest BCUT2D eigenvalue weighted by atomic mass is 9.80. The molecule has 1 aromatic carbocycles. The Balaban J connectivity index is 1.78. The van der Waals surface area contributed by atoms with Gasteiger partial charge in [0.1, 0.15) is 11.8 Å². The van der Waals surface area contributed by atoms with Crippen LogP contribution in [0.25, 0.3) is 0 Å². The highest BCUT2D eigenvalue weighted by atomic mass is 79.9. The highest BCUT2D eigenvalue weighted by Gasteiger charge is 2.30. The van der Waals surface area contributed by atoms with Gasteiger partial charge in [-0.3, -0.25) is 4.79 Å². The summed E-state index contributed by atoms with van der Waals surface area (Å²) in [6.45, 7) is 4.60. The number of fused-ring (bicyclic) bond motifs is 1. The number of nitrogens with one attached hydrogen (secondary N) is 1. The highest BCUT2D eigenvalue weighted by Crippen LogP contribution is 2.40. The molecule has 1 heterocycles. The van der Waals surface area contributed by atoms with Gasteiger partial charge in [0.2, 0.25) is 5.91 Å². The molecule has 1 aliphatic heterocycles. The Hall–Kier alpha value is -1.07. The van der Waals surface area contributed by atoms with E-state index in [-0.39, 0.29) is 12.0 Å².